The van der Waals surface area contributed by atoms with Crippen LogP contribution in [-0.4, -0.2) is 45.8 Å². The second-order valence-electron chi connectivity index (χ2n) is 5.50. The summed E-state index contributed by atoms with van der Waals surface area (Å²) in [6.07, 6.45) is -5.24. The van der Waals surface area contributed by atoms with Gasteiger partial charge in [0.1, 0.15) is 5.92 Å². The van der Waals surface area contributed by atoms with Crippen molar-refractivity contribution >= 4 is 29.3 Å². The highest BCUT2D eigenvalue weighted by Gasteiger charge is 2.66. The van der Waals surface area contributed by atoms with Gasteiger partial charge in [-0.3, -0.25) is 4.79 Å². The molecule has 0 aliphatic carbocycles. The van der Waals surface area contributed by atoms with Gasteiger partial charge < -0.3 is 25.6 Å². The lowest BCUT2D eigenvalue weighted by Gasteiger charge is -2.45. The second-order valence-corrected chi connectivity index (χ2v) is 5.91. The zero-order valence-corrected chi connectivity index (χ0v) is 14.1. The molecule has 0 unspecified atom stereocenters. The van der Waals surface area contributed by atoms with E-state index in [1.54, 1.807) is 5.32 Å². The first-order chi connectivity index (χ1) is 12.0. The van der Waals surface area contributed by atoms with Gasteiger partial charge in [0.05, 0.1) is 18.2 Å². The van der Waals surface area contributed by atoms with Gasteiger partial charge in [0.25, 0.3) is 5.72 Å². The summed E-state index contributed by atoms with van der Waals surface area (Å²) in [5.74, 6) is -4.63. The van der Waals surface area contributed by atoms with Crippen LogP contribution in [0.3, 0.4) is 0 Å². The first kappa shape index (κ1) is 19.9. The summed E-state index contributed by atoms with van der Waals surface area (Å²) in [5.41, 5.74) is -3.62. The van der Waals surface area contributed by atoms with Crippen LogP contribution in [0, 0.1) is 5.92 Å². The third-order valence-corrected chi connectivity index (χ3v) is 4.08. The molecular weight excluding hydrogens is 377 g/mol. The van der Waals surface area contributed by atoms with Gasteiger partial charge in [0.15, 0.2) is 5.11 Å². The number of carbonyl (C=O) groups is 2. The average molecular weight is 392 g/mol. The minimum absolute atomic E-state index is 0.0935. The molecule has 0 aromatic heterocycles. The van der Waals surface area contributed by atoms with Crippen LogP contribution in [0.4, 0.5) is 13.2 Å². The molecule has 3 atom stereocenters. The van der Waals surface area contributed by atoms with E-state index in [1.807, 2.05) is 0 Å². The number of carbonyl (C=O) groups excluding carboxylic acids is 1. The number of rotatable bonds is 4. The van der Waals surface area contributed by atoms with Crippen molar-refractivity contribution < 1.29 is 37.7 Å². The summed E-state index contributed by atoms with van der Waals surface area (Å²) < 4.78 is 45.3. The third kappa shape index (κ3) is 3.58. The third-order valence-electron chi connectivity index (χ3n) is 3.86. The van der Waals surface area contributed by atoms with E-state index in [0.29, 0.717) is 0 Å². The van der Waals surface area contributed by atoms with Crippen LogP contribution in [0.25, 0.3) is 0 Å². The molecule has 7 nitrogen and oxygen atoms in total. The zero-order valence-electron chi connectivity index (χ0n) is 13.3. The molecule has 2 rings (SSSR count). The Kier molecular flexibility index (Phi) is 5.42. The Morgan fingerprint density at radius 2 is 1.88 bits per heavy atom. The van der Waals surface area contributed by atoms with Crippen molar-refractivity contribution in [3.8, 4) is 0 Å². The highest BCUT2D eigenvalue weighted by atomic mass is 32.1. The van der Waals surface area contributed by atoms with Crippen molar-refractivity contribution in [3.63, 3.8) is 0 Å². The fourth-order valence-corrected chi connectivity index (χ4v) is 2.93. The molecule has 1 aliphatic rings. The van der Waals surface area contributed by atoms with Gasteiger partial charge >= 0.3 is 18.1 Å². The van der Waals surface area contributed by atoms with Gasteiger partial charge in [-0.05, 0) is 36.8 Å². The van der Waals surface area contributed by atoms with Crippen molar-refractivity contribution in [1.29, 1.82) is 0 Å². The first-order valence-electron chi connectivity index (χ1n) is 7.39. The molecule has 11 heteroatoms. The van der Waals surface area contributed by atoms with E-state index in [9.17, 15) is 27.9 Å². The largest absolute Gasteiger partial charge is 0.478 e. The number of hydrogen-bond donors (Lipinski definition) is 4. The monoisotopic (exact) mass is 392 g/mol. The molecule has 0 bridgehead atoms. The minimum atomic E-state index is -5.24. The summed E-state index contributed by atoms with van der Waals surface area (Å²) >= 11 is 4.74. The topological polar surface area (TPSA) is 108 Å². The number of aromatic carboxylic acids is 1. The molecule has 1 aliphatic heterocycles. The fourth-order valence-electron chi connectivity index (χ4n) is 2.65. The summed E-state index contributed by atoms with van der Waals surface area (Å²) in [4.78, 5) is 23.1. The molecule has 0 spiro atoms. The maximum absolute atomic E-state index is 13.5. The Morgan fingerprint density at radius 3 is 2.35 bits per heavy atom. The van der Waals surface area contributed by atoms with Gasteiger partial charge in [-0.1, -0.05) is 12.1 Å². The van der Waals surface area contributed by atoms with Gasteiger partial charge in [0, 0.05) is 0 Å². The van der Waals surface area contributed by atoms with Crippen LogP contribution in [-0.2, 0) is 9.53 Å². The molecule has 142 valence electrons. The summed E-state index contributed by atoms with van der Waals surface area (Å²) in [6, 6.07) is 3.41. The van der Waals surface area contributed by atoms with E-state index in [0.717, 1.165) is 0 Å². The fraction of sp³-hybridized carbons (Fsp3) is 0.400. The highest BCUT2D eigenvalue weighted by molar-refractivity contribution is 7.80. The number of esters is 1. The van der Waals surface area contributed by atoms with Crippen molar-refractivity contribution in [1.82, 2.24) is 10.6 Å². The van der Waals surface area contributed by atoms with Crippen molar-refractivity contribution in [2.45, 2.75) is 24.9 Å². The van der Waals surface area contributed by atoms with Gasteiger partial charge in [0.2, 0.25) is 0 Å². The van der Waals surface area contributed by atoms with Crippen LogP contribution in [0.5, 0.6) is 0 Å². The standard InChI is InChI=1S/C15H15F3N2O5S/c1-2-25-12(23)9-10(7-3-5-8(6-4-7)11(21)22)19-13(26)20-14(9,24)15(16,17)18/h3-6,9-10,24H,2H2,1H3,(H,21,22)(H2,19,20,26)/t9-,10-,14+/m0/s1. The molecule has 0 amide bonds. The molecule has 1 saturated heterocycles. The van der Waals surface area contributed by atoms with Crippen molar-refractivity contribution in [2.24, 2.45) is 5.92 Å². The normalized spacial score (nSPS) is 25.8. The smallest absolute Gasteiger partial charge is 0.437 e. The van der Waals surface area contributed by atoms with E-state index in [2.05, 4.69) is 5.32 Å². The molecule has 0 radical (unpaired) electrons. The van der Waals surface area contributed by atoms with E-state index in [1.165, 1.54) is 31.2 Å². The van der Waals surface area contributed by atoms with Crippen molar-refractivity contribution in [3.05, 3.63) is 35.4 Å². The number of ether oxygens (including phenoxy) is 1. The van der Waals surface area contributed by atoms with E-state index < -0.39 is 40.9 Å². The number of alkyl halides is 3. The predicted molar refractivity (Wildman–Crippen MR) is 86.1 cm³/mol. The van der Waals surface area contributed by atoms with Gasteiger partial charge in [-0.25, -0.2) is 4.79 Å². The number of carboxylic acids is 1. The average Bonchev–Trinajstić information content (AvgIpc) is 2.53. The first-order valence-corrected chi connectivity index (χ1v) is 7.79. The number of thiocarbonyl (C=S) groups is 1. The zero-order chi connectivity index (χ0) is 19.7. The highest BCUT2D eigenvalue weighted by Crippen LogP contribution is 2.43. The SMILES string of the molecule is CCOC(=O)[C@@H]1[C@H](c2ccc(C(=O)O)cc2)NC(=S)N[C@]1(O)C(F)(F)F. The van der Waals surface area contributed by atoms with Crippen molar-refractivity contribution in [2.75, 3.05) is 6.61 Å². The van der Waals surface area contributed by atoms with E-state index in [-0.39, 0.29) is 17.7 Å². The number of nitrogens with one attached hydrogen (secondary N) is 2. The maximum atomic E-state index is 13.5. The Morgan fingerprint density at radius 1 is 1.31 bits per heavy atom. The Bertz CT molecular complexity index is 725. The van der Waals surface area contributed by atoms with Gasteiger partial charge in [-0.15, -0.1) is 0 Å². The molecule has 1 fully saturated rings. The predicted octanol–water partition coefficient (Wildman–Crippen LogP) is 1.33. The van der Waals surface area contributed by atoms with Crippen LogP contribution in [0.15, 0.2) is 24.3 Å². The Hall–Kier alpha value is -2.40. The van der Waals surface area contributed by atoms with E-state index in [4.69, 9.17) is 22.1 Å². The lowest BCUT2D eigenvalue weighted by Crippen LogP contribution is -2.73. The quantitative estimate of drug-likeness (QED) is 0.449. The number of benzene rings is 1. The summed E-state index contributed by atoms with van der Waals surface area (Å²) in [5, 5.41) is 22.9. The Labute approximate surface area is 151 Å². The van der Waals surface area contributed by atoms with Gasteiger partial charge in [-0.2, -0.15) is 13.2 Å². The Balaban J connectivity index is 2.54. The molecule has 0 saturated carbocycles. The van der Waals surface area contributed by atoms with Crippen LogP contribution < -0.4 is 10.6 Å². The number of hydrogen-bond acceptors (Lipinski definition) is 5. The summed E-state index contributed by atoms with van der Waals surface area (Å²) in [6.45, 7) is 1.22. The number of halogens is 3. The number of carboxylic acid groups (broad SMARTS) is 1. The molecule has 1 aromatic carbocycles. The minimum Gasteiger partial charge on any atom is -0.478 e. The maximum Gasteiger partial charge on any atom is 0.437 e. The molecule has 26 heavy (non-hydrogen) atoms. The molecular formula is C15H15F3N2O5S. The van der Waals surface area contributed by atoms with Crippen LogP contribution >= 0.6 is 12.2 Å². The lowest BCUT2D eigenvalue weighted by molar-refractivity contribution is -0.292. The molecule has 4 N–H and O–H groups in total. The van der Waals surface area contributed by atoms with E-state index >= 15 is 0 Å². The summed E-state index contributed by atoms with van der Waals surface area (Å²) in [7, 11) is 0. The second kappa shape index (κ2) is 7.08. The lowest BCUT2D eigenvalue weighted by atomic mass is 9.82. The van der Waals surface area contributed by atoms with Crippen LogP contribution in [0.1, 0.15) is 28.9 Å². The number of aliphatic hydroxyl groups is 1. The molecule has 1 heterocycles. The van der Waals surface area contributed by atoms with Crippen LogP contribution in [0.2, 0.25) is 0 Å². The molecule has 1 aromatic rings.